The van der Waals surface area contributed by atoms with Crippen LogP contribution in [0.5, 0.6) is 0 Å². The molecule has 2 heteroatoms. The van der Waals surface area contributed by atoms with E-state index in [1.54, 1.807) is 0 Å². The maximum Gasteiger partial charge on any atom is 0.000811 e. The largest absolute Gasteiger partial charge is 0.316 e. The summed E-state index contributed by atoms with van der Waals surface area (Å²) in [5, 5.41) is 3.60. The van der Waals surface area contributed by atoms with Crippen LogP contribution in [0.25, 0.3) is 0 Å². The molecule has 1 rings (SSSR count). The average Bonchev–Trinajstić information content (AvgIpc) is 2.98. The lowest BCUT2D eigenvalue weighted by molar-refractivity contribution is 0.250. The molecule has 0 saturated heterocycles. The van der Waals surface area contributed by atoms with Crippen LogP contribution in [0.3, 0.4) is 0 Å². The first-order chi connectivity index (χ1) is 6.73. The fourth-order valence-corrected chi connectivity index (χ4v) is 2.77. The van der Waals surface area contributed by atoms with Gasteiger partial charge in [-0.2, -0.15) is 11.8 Å². The van der Waals surface area contributed by atoms with E-state index in [0.717, 1.165) is 5.92 Å². The van der Waals surface area contributed by atoms with Gasteiger partial charge >= 0.3 is 0 Å². The lowest BCUT2D eigenvalue weighted by Gasteiger charge is -2.30. The summed E-state index contributed by atoms with van der Waals surface area (Å²) < 4.78 is 0. The fourth-order valence-electron chi connectivity index (χ4n) is 2.10. The van der Waals surface area contributed by atoms with E-state index in [2.05, 4.69) is 25.4 Å². The maximum absolute atomic E-state index is 3.60. The first-order valence-corrected chi connectivity index (χ1v) is 7.32. The SMILES string of the molecule is CCCNCC(C)(CCSC)C1CC1. The molecule has 0 spiro atoms. The summed E-state index contributed by atoms with van der Waals surface area (Å²) >= 11 is 1.99. The summed E-state index contributed by atoms with van der Waals surface area (Å²) in [5.74, 6) is 2.33. The molecule has 1 fully saturated rings. The zero-order valence-corrected chi connectivity index (χ0v) is 10.8. The molecule has 1 saturated carbocycles. The second-order valence-corrected chi connectivity index (χ2v) is 5.83. The van der Waals surface area contributed by atoms with Gasteiger partial charge in [-0.25, -0.2) is 0 Å². The van der Waals surface area contributed by atoms with Crippen LogP contribution in [-0.2, 0) is 0 Å². The summed E-state index contributed by atoms with van der Waals surface area (Å²) in [6.07, 6.45) is 7.79. The molecule has 0 bridgehead atoms. The van der Waals surface area contributed by atoms with Gasteiger partial charge in [-0.3, -0.25) is 0 Å². The van der Waals surface area contributed by atoms with Gasteiger partial charge < -0.3 is 5.32 Å². The van der Waals surface area contributed by atoms with Gasteiger partial charge in [-0.05, 0) is 55.6 Å². The minimum absolute atomic E-state index is 0.582. The van der Waals surface area contributed by atoms with E-state index in [0.29, 0.717) is 5.41 Å². The van der Waals surface area contributed by atoms with Crippen LogP contribution in [0.15, 0.2) is 0 Å². The van der Waals surface area contributed by atoms with Crippen LogP contribution in [0.1, 0.15) is 39.5 Å². The van der Waals surface area contributed by atoms with E-state index in [9.17, 15) is 0 Å². The van der Waals surface area contributed by atoms with Crippen molar-refractivity contribution in [3.63, 3.8) is 0 Å². The van der Waals surface area contributed by atoms with Crippen LogP contribution in [0.2, 0.25) is 0 Å². The van der Waals surface area contributed by atoms with Crippen molar-refractivity contribution >= 4 is 11.8 Å². The highest BCUT2D eigenvalue weighted by molar-refractivity contribution is 7.98. The van der Waals surface area contributed by atoms with Crippen molar-refractivity contribution in [1.82, 2.24) is 5.32 Å². The van der Waals surface area contributed by atoms with Gasteiger partial charge in [-0.15, -0.1) is 0 Å². The predicted molar refractivity (Wildman–Crippen MR) is 67.0 cm³/mol. The van der Waals surface area contributed by atoms with Crippen LogP contribution < -0.4 is 5.32 Å². The molecule has 1 nitrogen and oxygen atoms in total. The van der Waals surface area contributed by atoms with Gasteiger partial charge in [0, 0.05) is 6.54 Å². The Kier molecular flexibility index (Phi) is 5.32. The lowest BCUT2D eigenvalue weighted by atomic mass is 9.82. The smallest absolute Gasteiger partial charge is 0.000811 e. The average molecular weight is 215 g/mol. The van der Waals surface area contributed by atoms with E-state index in [-0.39, 0.29) is 0 Å². The molecule has 1 aliphatic carbocycles. The van der Waals surface area contributed by atoms with E-state index >= 15 is 0 Å². The van der Waals surface area contributed by atoms with Gasteiger partial charge in [0.25, 0.3) is 0 Å². The minimum Gasteiger partial charge on any atom is -0.316 e. The second-order valence-electron chi connectivity index (χ2n) is 4.85. The first-order valence-electron chi connectivity index (χ1n) is 5.92. The van der Waals surface area contributed by atoms with Crippen LogP contribution >= 0.6 is 11.8 Å². The van der Waals surface area contributed by atoms with Crippen LogP contribution in [0.4, 0.5) is 0 Å². The van der Waals surface area contributed by atoms with Crippen molar-refractivity contribution in [2.24, 2.45) is 11.3 Å². The number of thioether (sulfide) groups is 1. The van der Waals surface area contributed by atoms with Crippen LogP contribution in [0, 0.1) is 11.3 Å². The Labute approximate surface area is 93.4 Å². The molecular formula is C12H25NS. The molecule has 0 amide bonds. The molecule has 0 aromatic carbocycles. The van der Waals surface area contributed by atoms with E-state index in [4.69, 9.17) is 0 Å². The Hall–Kier alpha value is 0.310. The number of rotatable bonds is 8. The van der Waals surface area contributed by atoms with Gasteiger partial charge in [0.15, 0.2) is 0 Å². The molecule has 14 heavy (non-hydrogen) atoms. The first kappa shape index (κ1) is 12.4. The Morgan fingerprint density at radius 2 is 2.14 bits per heavy atom. The quantitative estimate of drug-likeness (QED) is 0.624. The van der Waals surface area contributed by atoms with Crippen molar-refractivity contribution in [2.45, 2.75) is 39.5 Å². The van der Waals surface area contributed by atoms with E-state index in [1.807, 2.05) is 11.8 Å². The number of hydrogen-bond donors (Lipinski definition) is 1. The summed E-state index contributed by atoms with van der Waals surface area (Å²) in [6, 6.07) is 0. The highest BCUT2D eigenvalue weighted by atomic mass is 32.2. The molecule has 1 unspecified atom stereocenters. The third kappa shape index (κ3) is 3.82. The van der Waals surface area contributed by atoms with Gasteiger partial charge in [-0.1, -0.05) is 13.8 Å². The third-order valence-corrected chi connectivity index (χ3v) is 4.01. The zero-order valence-electron chi connectivity index (χ0n) is 9.94. The highest BCUT2D eigenvalue weighted by Gasteiger charge is 2.40. The molecule has 0 aliphatic heterocycles. The molecule has 1 atom stereocenters. The Balaban J connectivity index is 2.28. The van der Waals surface area contributed by atoms with Gasteiger partial charge in [0.05, 0.1) is 0 Å². The molecular weight excluding hydrogens is 190 g/mol. The second kappa shape index (κ2) is 6.02. The molecule has 0 heterocycles. The van der Waals surface area contributed by atoms with Crippen molar-refractivity contribution in [1.29, 1.82) is 0 Å². The Morgan fingerprint density at radius 1 is 1.43 bits per heavy atom. The molecule has 0 aromatic heterocycles. The van der Waals surface area contributed by atoms with Crippen molar-refractivity contribution in [3.8, 4) is 0 Å². The van der Waals surface area contributed by atoms with E-state index < -0.39 is 0 Å². The fraction of sp³-hybridized carbons (Fsp3) is 1.00. The van der Waals surface area contributed by atoms with Gasteiger partial charge in [0.1, 0.15) is 0 Å². The topological polar surface area (TPSA) is 12.0 Å². The standard InChI is InChI=1S/C12H25NS/c1-4-8-13-10-12(2,7-9-14-3)11-5-6-11/h11,13H,4-10H2,1-3H3. The molecule has 0 radical (unpaired) electrons. The molecule has 1 aliphatic rings. The van der Waals surface area contributed by atoms with Crippen molar-refractivity contribution in [2.75, 3.05) is 25.1 Å². The molecule has 84 valence electrons. The summed E-state index contributed by atoms with van der Waals surface area (Å²) in [6.45, 7) is 7.13. The monoisotopic (exact) mass is 215 g/mol. The van der Waals surface area contributed by atoms with E-state index in [1.165, 1.54) is 44.5 Å². The Morgan fingerprint density at radius 3 is 2.64 bits per heavy atom. The van der Waals surface area contributed by atoms with Crippen LogP contribution in [-0.4, -0.2) is 25.1 Å². The molecule has 1 N–H and O–H groups in total. The van der Waals surface area contributed by atoms with Crippen molar-refractivity contribution in [3.05, 3.63) is 0 Å². The number of hydrogen-bond acceptors (Lipinski definition) is 2. The summed E-state index contributed by atoms with van der Waals surface area (Å²) in [7, 11) is 0. The predicted octanol–water partition coefficient (Wildman–Crippen LogP) is 3.16. The van der Waals surface area contributed by atoms with Crippen molar-refractivity contribution < 1.29 is 0 Å². The number of nitrogens with one attached hydrogen (secondary N) is 1. The highest BCUT2D eigenvalue weighted by Crippen LogP contribution is 2.47. The lowest BCUT2D eigenvalue weighted by Crippen LogP contribution is -2.34. The minimum atomic E-state index is 0.582. The summed E-state index contributed by atoms with van der Waals surface area (Å²) in [5.41, 5.74) is 0.582. The normalized spacial score (nSPS) is 20.8. The third-order valence-electron chi connectivity index (χ3n) is 3.40. The maximum atomic E-state index is 3.60. The molecule has 0 aromatic rings. The zero-order chi connectivity index (χ0) is 10.4. The summed E-state index contributed by atoms with van der Waals surface area (Å²) in [4.78, 5) is 0. The van der Waals surface area contributed by atoms with Gasteiger partial charge in [0.2, 0.25) is 0 Å². The Bertz CT molecular complexity index is 156.